The molecule has 1 N–H and O–H groups in total. The van der Waals surface area contributed by atoms with Crippen LogP contribution in [0.2, 0.25) is 0 Å². The molecule has 144 valence electrons. The summed E-state index contributed by atoms with van der Waals surface area (Å²) in [7, 11) is 0. The number of pyridine rings is 1. The Labute approximate surface area is 159 Å². The van der Waals surface area contributed by atoms with Gasteiger partial charge in [0.2, 0.25) is 11.8 Å². The van der Waals surface area contributed by atoms with Crippen molar-refractivity contribution in [1.82, 2.24) is 25.0 Å². The molecular formula is C20H27N5O2. The highest BCUT2D eigenvalue weighted by atomic mass is 16.2. The normalized spacial score (nSPS) is 20.5. The van der Waals surface area contributed by atoms with Crippen LogP contribution in [-0.4, -0.2) is 51.1 Å². The zero-order valence-corrected chi connectivity index (χ0v) is 15.9. The maximum atomic E-state index is 12.7. The van der Waals surface area contributed by atoms with Gasteiger partial charge in [0.25, 0.3) is 0 Å². The third-order valence-electron chi connectivity index (χ3n) is 5.82. The van der Waals surface area contributed by atoms with Crippen LogP contribution >= 0.6 is 0 Å². The second kappa shape index (κ2) is 7.66. The molecule has 0 spiro atoms. The molecule has 7 nitrogen and oxygen atoms in total. The Bertz CT molecular complexity index is 840. The predicted octanol–water partition coefficient (Wildman–Crippen LogP) is 2.07. The lowest BCUT2D eigenvalue weighted by Gasteiger charge is -2.20. The molecule has 4 rings (SSSR count). The van der Waals surface area contributed by atoms with E-state index < -0.39 is 0 Å². The van der Waals surface area contributed by atoms with E-state index in [1.54, 1.807) is 6.20 Å². The fraction of sp³-hybridized carbons (Fsp3) is 0.600. The molecule has 0 radical (unpaired) electrons. The SMILES string of the molecule is CC(=O)NCCn1nc(C2CCN(C(=O)C3CCCC3)C2)c2cccnc21. The molecule has 1 unspecified atom stereocenters. The molecule has 7 heteroatoms. The van der Waals surface area contributed by atoms with Crippen LogP contribution in [0, 0.1) is 5.92 Å². The van der Waals surface area contributed by atoms with Gasteiger partial charge in [0.05, 0.1) is 12.2 Å². The molecule has 1 atom stereocenters. The number of rotatable bonds is 5. The van der Waals surface area contributed by atoms with Crippen molar-refractivity contribution in [3.63, 3.8) is 0 Å². The van der Waals surface area contributed by atoms with E-state index in [-0.39, 0.29) is 17.7 Å². The second-order valence-electron chi connectivity index (χ2n) is 7.72. The van der Waals surface area contributed by atoms with E-state index in [2.05, 4.69) is 16.4 Å². The molecule has 3 heterocycles. The van der Waals surface area contributed by atoms with Crippen LogP contribution in [0.15, 0.2) is 18.3 Å². The molecule has 1 aliphatic carbocycles. The van der Waals surface area contributed by atoms with Crippen molar-refractivity contribution >= 4 is 22.8 Å². The van der Waals surface area contributed by atoms with Gasteiger partial charge in [-0.2, -0.15) is 5.10 Å². The van der Waals surface area contributed by atoms with Crippen LogP contribution in [0.5, 0.6) is 0 Å². The lowest BCUT2D eigenvalue weighted by atomic mass is 10.0. The molecule has 27 heavy (non-hydrogen) atoms. The van der Waals surface area contributed by atoms with Gasteiger partial charge in [0.15, 0.2) is 5.65 Å². The Morgan fingerprint density at radius 2 is 2.07 bits per heavy atom. The number of aromatic nitrogens is 3. The standard InChI is InChI=1S/C20H27N5O2/c1-14(26)21-10-12-25-19-17(7-4-9-22-19)18(23-25)16-8-11-24(13-16)20(27)15-5-2-3-6-15/h4,7,9,15-16H,2-3,5-6,8,10-13H2,1H3,(H,21,26). The number of fused-ring (bicyclic) bond motifs is 1. The molecule has 2 aromatic heterocycles. The first kappa shape index (κ1) is 17.9. The fourth-order valence-corrected chi connectivity index (χ4v) is 4.44. The number of nitrogens with one attached hydrogen (secondary N) is 1. The summed E-state index contributed by atoms with van der Waals surface area (Å²) in [5.41, 5.74) is 1.88. The smallest absolute Gasteiger partial charge is 0.225 e. The first-order chi connectivity index (χ1) is 13.1. The number of hydrogen-bond acceptors (Lipinski definition) is 4. The zero-order valence-electron chi connectivity index (χ0n) is 15.9. The summed E-state index contributed by atoms with van der Waals surface area (Å²) in [6.45, 7) is 4.20. The molecular weight excluding hydrogens is 342 g/mol. The lowest BCUT2D eigenvalue weighted by Crippen LogP contribution is -2.33. The summed E-state index contributed by atoms with van der Waals surface area (Å²) in [6.07, 6.45) is 7.18. The maximum absolute atomic E-state index is 12.7. The van der Waals surface area contributed by atoms with Crippen molar-refractivity contribution in [2.75, 3.05) is 19.6 Å². The third kappa shape index (κ3) is 3.68. The third-order valence-corrected chi connectivity index (χ3v) is 5.82. The van der Waals surface area contributed by atoms with Crippen LogP contribution in [0.1, 0.15) is 50.6 Å². The van der Waals surface area contributed by atoms with Crippen LogP contribution in [0.25, 0.3) is 11.0 Å². The van der Waals surface area contributed by atoms with Crippen molar-refractivity contribution in [3.05, 3.63) is 24.0 Å². The minimum Gasteiger partial charge on any atom is -0.354 e. The summed E-state index contributed by atoms with van der Waals surface area (Å²) < 4.78 is 1.88. The monoisotopic (exact) mass is 369 g/mol. The van der Waals surface area contributed by atoms with E-state index in [0.29, 0.717) is 19.0 Å². The molecule has 2 amide bonds. The average molecular weight is 369 g/mol. The van der Waals surface area contributed by atoms with E-state index in [1.807, 2.05) is 15.6 Å². The Balaban J connectivity index is 1.51. The summed E-state index contributed by atoms with van der Waals surface area (Å²) in [6, 6.07) is 3.99. The number of likely N-dealkylation sites (tertiary alicyclic amines) is 1. The first-order valence-corrected chi connectivity index (χ1v) is 9.98. The van der Waals surface area contributed by atoms with E-state index >= 15 is 0 Å². The van der Waals surface area contributed by atoms with Gasteiger partial charge in [-0.3, -0.25) is 9.59 Å². The second-order valence-corrected chi connectivity index (χ2v) is 7.72. The van der Waals surface area contributed by atoms with Crippen LogP contribution < -0.4 is 5.32 Å². The van der Waals surface area contributed by atoms with E-state index in [9.17, 15) is 9.59 Å². The summed E-state index contributed by atoms with van der Waals surface area (Å²) in [5, 5.41) is 8.69. The van der Waals surface area contributed by atoms with Gasteiger partial charge in [-0.1, -0.05) is 12.8 Å². The number of carbonyl (C=O) groups excluding carboxylic acids is 2. The van der Waals surface area contributed by atoms with Gasteiger partial charge in [0, 0.05) is 50.0 Å². The topological polar surface area (TPSA) is 80.1 Å². The predicted molar refractivity (Wildman–Crippen MR) is 102 cm³/mol. The molecule has 2 fully saturated rings. The van der Waals surface area contributed by atoms with Crippen molar-refractivity contribution in [1.29, 1.82) is 0 Å². The average Bonchev–Trinajstić information content (AvgIpc) is 3.41. The highest BCUT2D eigenvalue weighted by Crippen LogP contribution is 2.34. The van der Waals surface area contributed by atoms with Gasteiger partial charge in [-0.25, -0.2) is 9.67 Å². The lowest BCUT2D eigenvalue weighted by molar-refractivity contribution is -0.134. The number of hydrogen-bond donors (Lipinski definition) is 1. The Morgan fingerprint density at radius 3 is 2.85 bits per heavy atom. The Hall–Kier alpha value is -2.44. The summed E-state index contributed by atoms with van der Waals surface area (Å²) >= 11 is 0. The Kier molecular flexibility index (Phi) is 5.09. The highest BCUT2D eigenvalue weighted by molar-refractivity contribution is 5.81. The fourth-order valence-electron chi connectivity index (χ4n) is 4.44. The quantitative estimate of drug-likeness (QED) is 0.875. The van der Waals surface area contributed by atoms with Crippen molar-refractivity contribution in [2.45, 2.75) is 51.5 Å². The maximum Gasteiger partial charge on any atom is 0.225 e. The minimum absolute atomic E-state index is 0.0449. The Morgan fingerprint density at radius 1 is 1.26 bits per heavy atom. The number of carbonyl (C=O) groups is 2. The summed E-state index contributed by atoms with van der Waals surface area (Å²) in [5.74, 6) is 0.778. The van der Waals surface area contributed by atoms with E-state index in [0.717, 1.165) is 49.1 Å². The van der Waals surface area contributed by atoms with Gasteiger partial charge in [-0.05, 0) is 31.4 Å². The first-order valence-electron chi connectivity index (χ1n) is 9.98. The van der Waals surface area contributed by atoms with E-state index in [4.69, 9.17) is 5.10 Å². The van der Waals surface area contributed by atoms with Crippen LogP contribution in [0.4, 0.5) is 0 Å². The molecule has 1 saturated heterocycles. The molecule has 2 aromatic rings. The van der Waals surface area contributed by atoms with Gasteiger partial charge in [-0.15, -0.1) is 0 Å². The summed E-state index contributed by atoms with van der Waals surface area (Å²) in [4.78, 5) is 30.4. The molecule has 2 aliphatic rings. The van der Waals surface area contributed by atoms with Crippen LogP contribution in [0.3, 0.4) is 0 Å². The van der Waals surface area contributed by atoms with Gasteiger partial charge >= 0.3 is 0 Å². The zero-order chi connectivity index (χ0) is 18.8. The largest absolute Gasteiger partial charge is 0.354 e. The highest BCUT2D eigenvalue weighted by Gasteiger charge is 2.34. The van der Waals surface area contributed by atoms with E-state index in [1.165, 1.54) is 19.8 Å². The minimum atomic E-state index is -0.0449. The van der Waals surface area contributed by atoms with Gasteiger partial charge < -0.3 is 10.2 Å². The number of amides is 2. The van der Waals surface area contributed by atoms with Crippen molar-refractivity contribution < 1.29 is 9.59 Å². The molecule has 1 aliphatic heterocycles. The van der Waals surface area contributed by atoms with Crippen molar-refractivity contribution in [2.24, 2.45) is 5.92 Å². The van der Waals surface area contributed by atoms with Crippen molar-refractivity contribution in [3.8, 4) is 0 Å². The number of nitrogens with zero attached hydrogens (tertiary/aromatic N) is 4. The van der Waals surface area contributed by atoms with Gasteiger partial charge in [0.1, 0.15) is 0 Å². The molecule has 0 bridgehead atoms. The van der Waals surface area contributed by atoms with Crippen LogP contribution in [-0.2, 0) is 16.1 Å². The molecule has 0 aromatic carbocycles. The molecule has 1 saturated carbocycles.